The number of hydrogen-bond donors (Lipinski definition) is 1. The lowest BCUT2D eigenvalue weighted by Gasteiger charge is -2.25. The first-order valence-electron chi connectivity index (χ1n) is 6.59. The quantitative estimate of drug-likeness (QED) is 0.835. The normalized spacial score (nSPS) is 22.3. The minimum absolute atomic E-state index is 0.191. The lowest BCUT2D eigenvalue weighted by molar-refractivity contribution is -0.119. The van der Waals surface area contributed by atoms with Gasteiger partial charge in [-0.15, -0.1) is 0 Å². The standard InChI is InChI=1S/C13H18N4O/c1-8-15-10-5-2-4-9(10)13(16-8)17-7-3-6-11(17)12(14)18/h11H,2-7H2,1H3,(H2,14,18). The number of nitrogens with two attached hydrogens (primary N) is 1. The molecule has 0 radical (unpaired) electrons. The number of anilines is 1. The van der Waals surface area contributed by atoms with Crippen LogP contribution in [0.4, 0.5) is 5.82 Å². The van der Waals surface area contributed by atoms with E-state index in [1.807, 2.05) is 6.92 Å². The highest BCUT2D eigenvalue weighted by atomic mass is 16.1. The summed E-state index contributed by atoms with van der Waals surface area (Å²) in [5.74, 6) is 1.51. The van der Waals surface area contributed by atoms with Gasteiger partial charge in [0.25, 0.3) is 0 Å². The molecule has 2 N–H and O–H groups in total. The molecule has 96 valence electrons. The van der Waals surface area contributed by atoms with Crippen LogP contribution in [-0.4, -0.2) is 28.5 Å². The molecule has 2 aliphatic rings. The monoisotopic (exact) mass is 246 g/mol. The van der Waals surface area contributed by atoms with Crippen LogP contribution in [0.5, 0.6) is 0 Å². The Hall–Kier alpha value is -1.65. The number of amides is 1. The molecule has 18 heavy (non-hydrogen) atoms. The van der Waals surface area contributed by atoms with E-state index in [0.717, 1.165) is 56.0 Å². The van der Waals surface area contributed by atoms with Gasteiger partial charge >= 0.3 is 0 Å². The van der Waals surface area contributed by atoms with E-state index >= 15 is 0 Å². The third-order valence-electron chi connectivity index (χ3n) is 3.88. The van der Waals surface area contributed by atoms with Crippen molar-refractivity contribution in [1.82, 2.24) is 9.97 Å². The molecule has 1 aliphatic heterocycles. The molecule has 1 amide bonds. The van der Waals surface area contributed by atoms with Crippen molar-refractivity contribution in [2.24, 2.45) is 5.73 Å². The fourth-order valence-electron chi connectivity index (χ4n) is 3.09. The fraction of sp³-hybridized carbons (Fsp3) is 0.615. The molecule has 5 nitrogen and oxygen atoms in total. The van der Waals surface area contributed by atoms with Crippen molar-refractivity contribution in [3.8, 4) is 0 Å². The zero-order valence-electron chi connectivity index (χ0n) is 10.6. The summed E-state index contributed by atoms with van der Waals surface area (Å²) in [7, 11) is 0. The topological polar surface area (TPSA) is 72.1 Å². The Balaban J connectivity index is 2.04. The van der Waals surface area contributed by atoms with Gasteiger partial charge in [-0.25, -0.2) is 9.97 Å². The number of rotatable bonds is 2. The maximum atomic E-state index is 11.5. The van der Waals surface area contributed by atoms with Crippen LogP contribution < -0.4 is 10.6 Å². The van der Waals surface area contributed by atoms with E-state index < -0.39 is 0 Å². The van der Waals surface area contributed by atoms with Gasteiger partial charge in [0.2, 0.25) is 5.91 Å². The van der Waals surface area contributed by atoms with Crippen molar-refractivity contribution in [3.63, 3.8) is 0 Å². The molecule has 1 atom stereocenters. The van der Waals surface area contributed by atoms with E-state index in [9.17, 15) is 4.79 Å². The summed E-state index contributed by atoms with van der Waals surface area (Å²) < 4.78 is 0. The van der Waals surface area contributed by atoms with Crippen LogP contribution in [0, 0.1) is 6.92 Å². The van der Waals surface area contributed by atoms with Crippen LogP contribution in [-0.2, 0) is 17.6 Å². The number of hydrogen-bond acceptors (Lipinski definition) is 4. The highest BCUT2D eigenvalue weighted by Gasteiger charge is 2.33. The molecule has 1 aromatic rings. The number of fused-ring (bicyclic) bond motifs is 1. The third-order valence-corrected chi connectivity index (χ3v) is 3.88. The summed E-state index contributed by atoms with van der Waals surface area (Å²) in [4.78, 5) is 22.7. The van der Waals surface area contributed by atoms with E-state index in [-0.39, 0.29) is 11.9 Å². The van der Waals surface area contributed by atoms with Gasteiger partial charge in [-0.1, -0.05) is 0 Å². The van der Waals surface area contributed by atoms with Crippen LogP contribution in [0.25, 0.3) is 0 Å². The Kier molecular flexibility index (Phi) is 2.69. The Bertz CT molecular complexity index is 500. The van der Waals surface area contributed by atoms with Crippen molar-refractivity contribution < 1.29 is 4.79 Å². The molecule has 1 aromatic heterocycles. The van der Waals surface area contributed by atoms with Gasteiger partial charge in [0, 0.05) is 17.8 Å². The zero-order chi connectivity index (χ0) is 12.7. The Morgan fingerprint density at radius 2 is 2.17 bits per heavy atom. The lowest BCUT2D eigenvalue weighted by atomic mass is 10.2. The first kappa shape index (κ1) is 11.4. The molecule has 0 bridgehead atoms. The second kappa shape index (κ2) is 4.23. The molecule has 1 aliphatic carbocycles. The molecule has 3 rings (SSSR count). The van der Waals surface area contributed by atoms with Gasteiger partial charge in [0.05, 0.1) is 0 Å². The average Bonchev–Trinajstić information content (AvgIpc) is 2.95. The maximum Gasteiger partial charge on any atom is 0.240 e. The Morgan fingerprint density at radius 3 is 2.94 bits per heavy atom. The number of carbonyl (C=O) groups excluding carboxylic acids is 1. The van der Waals surface area contributed by atoms with Crippen molar-refractivity contribution in [1.29, 1.82) is 0 Å². The number of primary amides is 1. The number of aryl methyl sites for hydroxylation is 2. The number of aromatic nitrogens is 2. The Labute approximate surface area is 106 Å². The van der Waals surface area contributed by atoms with Crippen molar-refractivity contribution >= 4 is 11.7 Å². The molecule has 1 fully saturated rings. The third kappa shape index (κ3) is 1.74. The molecule has 0 aromatic carbocycles. The largest absolute Gasteiger partial charge is 0.368 e. The van der Waals surface area contributed by atoms with Gasteiger partial charge in [-0.2, -0.15) is 0 Å². The van der Waals surface area contributed by atoms with Crippen LogP contribution in [0.1, 0.15) is 36.3 Å². The molecule has 2 heterocycles. The van der Waals surface area contributed by atoms with Crippen LogP contribution >= 0.6 is 0 Å². The SMILES string of the molecule is Cc1nc2c(c(N3CCCC3C(N)=O)n1)CCC2. The van der Waals surface area contributed by atoms with Crippen molar-refractivity contribution in [3.05, 3.63) is 17.1 Å². The first-order valence-corrected chi connectivity index (χ1v) is 6.59. The maximum absolute atomic E-state index is 11.5. The molecule has 0 spiro atoms. The van der Waals surface area contributed by atoms with Gasteiger partial charge in [-0.3, -0.25) is 4.79 Å². The molecular weight excluding hydrogens is 228 g/mol. The molecule has 1 unspecified atom stereocenters. The van der Waals surface area contributed by atoms with E-state index in [1.54, 1.807) is 0 Å². The number of carbonyl (C=O) groups is 1. The highest BCUT2D eigenvalue weighted by molar-refractivity contribution is 5.84. The number of nitrogens with zero attached hydrogens (tertiary/aromatic N) is 3. The summed E-state index contributed by atoms with van der Waals surface area (Å²) in [5, 5.41) is 0. The summed E-state index contributed by atoms with van der Waals surface area (Å²) in [6, 6.07) is -0.191. The first-order chi connectivity index (χ1) is 8.66. The smallest absolute Gasteiger partial charge is 0.240 e. The van der Waals surface area contributed by atoms with Crippen LogP contribution in [0.15, 0.2) is 0 Å². The molecule has 5 heteroatoms. The van der Waals surface area contributed by atoms with E-state index in [2.05, 4.69) is 14.9 Å². The minimum Gasteiger partial charge on any atom is -0.368 e. The van der Waals surface area contributed by atoms with Gasteiger partial charge < -0.3 is 10.6 Å². The van der Waals surface area contributed by atoms with E-state index in [0.29, 0.717) is 0 Å². The van der Waals surface area contributed by atoms with Gasteiger partial charge in [-0.05, 0) is 39.0 Å². The fourth-order valence-corrected chi connectivity index (χ4v) is 3.09. The van der Waals surface area contributed by atoms with Crippen LogP contribution in [0.3, 0.4) is 0 Å². The van der Waals surface area contributed by atoms with Crippen molar-refractivity contribution in [2.75, 3.05) is 11.4 Å². The lowest BCUT2D eigenvalue weighted by Crippen LogP contribution is -2.41. The second-order valence-electron chi connectivity index (χ2n) is 5.13. The minimum atomic E-state index is -0.240. The summed E-state index contributed by atoms with van der Waals surface area (Å²) in [6.45, 7) is 2.79. The Morgan fingerprint density at radius 1 is 1.33 bits per heavy atom. The summed E-state index contributed by atoms with van der Waals surface area (Å²) in [5.41, 5.74) is 7.87. The average molecular weight is 246 g/mol. The van der Waals surface area contributed by atoms with Crippen LogP contribution in [0.2, 0.25) is 0 Å². The molecular formula is C13H18N4O. The molecule has 0 saturated carbocycles. The van der Waals surface area contributed by atoms with E-state index in [1.165, 1.54) is 5.56 Å². The second-order valence-corrected chi connectivity index (χ2v) is 5.13. The predicted octanol–water partition coefficient (Wildman–Crippen LogP) is 0.728. The van der Waals surface area contributed by atoms with E-state index in [4.69, 9.17) is 5.73 Å². The molecule has 1 saturated heterocycles. The summed E-state index contributed by atoms with van der Waals surface area (Å²) in [6.07, 6.45) is 5.03. The zero-order valence-corrected chi connectivity index (χ0v) is 10.6. The highest BCUT2D eigenvalue weighted by Crippen LogP contribution is 2.32. The summed E-state index contributed by atoms with van der Waals surface area (Å²) >= 11 is 0. The van der Waals surface area contributed by atoms with Gasteiger partial charge in [0.15, 0.2) is 0 Å². The van der Waals surface area contributed by atoms with Gasteiger partial charge in [0.1, 0.15) is 17.7 Å². The van der Waals surface area contributed by atoms with Crippen molar-refractivity contribution in [2.45, 2.75) is 45.1 Å². The predicted molar refractivity (Wildman–Crippen MR) is 68.4 cm³/mol.